The van der Waals surface area contributed by atoms with Gasteiger partial charge in [0.15, 0.2) is 5.72 Å². The van der Waals surface area contributed by atoms with Crippen LogP contribution in [0.25, 0.3) is 0 Å². The van der Waals surface area contributed by atoms with E-state index in [1.807, 2.05) is 20.8 Å². The first-order valence-corrected chi connectivity index (χ1v) is 5.60. The Morgan fingerprint density at radius 1 is 1.12 bits per heavy atom. The Hall–Kier alpha value is -1.28. The van der Waals surface area contributed by atoms with Crippen LogP contribution in [0.2, 0.25) is 0 Å². The maximum Gasteiger partial charge on any atom is 0.237 e. The van der Waals surface area contributed by atoms with Gasteiger partial charge in [0.1, 0.15) is 0 Å². The van der Waals surface area contributed by atoms with Crippen molar-refractivity contribution >= 4 is 12.2 Å². The highest BCUT2D eigenvalue weighted by atomic mass is 16.3. The molecule has 0 saturated heterocycles. The highest BCUT2D eigenvalue weighted by Gasteiger charge is 2.54. The first kappa shape index (κ1) is 13.8. The van der Waals surface area contributed by atoms with Gasteiger partial charge in [0, 0.05) is 12.3 Å². The average Bonchev–Trinajstić information content (AvgIpc) is 2.13. The number of aliphatic hydroxyl groups is 1. The van der Waals surface area contributed by atoms with Crippen molar-refractivity contribution < 1.29 is 14.7 Å². The van der Waals surface area contributed by atoms with Gasteiger partial charge in [-0.3, -0.25) is 0 Å². The Kier molecular flexibility index (Phi) is 3.40. The van der Waals surface area contributed by atoms with Gasteiger partial charge < -0.3 is 5.11 Å². The summed E-state index contributed by atoms with van der Waals surface area (Å²) in [5.41, 5.74) is -2.55. The van der Waals surface area contributed by atoms with Crippen LogP contribution in [0.5, 0.6) is 0 Å². The number of nitrogens with zero attached hydrogens (tertiary/aromatic N) is 2. The van der Waals surface area contributed by atoms with E-state index in [4.69, 9.17) is 0 Å². The molecule has 0 bridgehead atoms. The molecule has 17 heavy (non-hydrogen) atoms. The fourth-order valence-electron chi connectivity index (χ4n) is 2.94. The Morgan fingerprint density at radius 2 is 1.65 bits per heavy atom. The highest BCUT2D eigenvalue weighted by molar-refractivity contribution is 5.37. The van der Waals surface area contributed by atoms with Crippen molar-refractivity contribution in [2.24, 2.45) is 21.3 Å². The van der Waals surface area contributed by atoms with Gasteiger partial charge in [-0.25, -0.2) is 9.59 Å². The standard InChI is InChI=1S/C12H18N2O3/c1-9-10(2,3)5-11(4,13-7-15)6-12(9,17)14-8-16/h9,17H,5-6H2,1-4H3. The Morgan fingerprint density at radius 3 is 2.12 bits per heavy atom. The number of isocyanates is 2. The van der Waals surface area contributed by atoms with Crippen molar-refractivity contribution in [1.82, 2.24) is 0 Å². The van der Waals surface area contributed by atoms with E-state index in [9.17, 15) is 14.7 Å². The average molecular weight is 238 g/mol. The van der Waals surface area contributed by atoms with Crippen molar-refractivity contribution in [1.29, 1.82) is 0 Å². The minimum atomic E-state index is -1.52. The van der Waals surface area contributed by atoms with Crippen LogP contribution in [-0.2, 0) is 9.59 Å². The minimum Gasteiger partial charge on any atom is -0.368 e. The first-order chi connectivity index (χ1) is 7.69. The van der Waals surface area contributed by atoms with Crippen molar-refractivity contribution in [3.8, 4) is 0 Å². The number of rotatable bonds is 2. The predicted octanol–water partition coefficient (Wildman–Crippen LogP) is 1.56. The highest BCUT2D eigenvalue weighted by Crippen LogP contribution is 2.51. The molecule has 0 aromatic rings. The summed E-state index contributed by atoms with van der Waals surface area (Å²) < 4.78 is 0. The molecular weight excluding hydrogens is 220 g/mol. The number of hydrogen-bond acceptors (Lipinski definition) is 5. The second kappa shape index (κ2) is 4.19. The summed E-state index contributed by atoms with van der Waals surface area (Å²) in [6.45, 7) is 7.52. The summed E-state index contributed by atoms with van der Waals surface area (Å²) in [7, 11) is 0. The molecule has 1 N–H and O–H groups in total. The zero-order valence-electron chi connectivity index (χ0n) is 10.6. The van der Waals surface area contributed by atoms with Gasteiger partial charge in [0.05, 0.1) is 5.54 Å². The molecule has 0 heterocycles. The van der Waals surface area contributed by atoms with Gasteiger partial charge in [-0.15, -0.1) is 0 Å². The van der Waals surface area contributed by atoms with Crippen LogP contribution in [0.1, 0.15) is 40.5 Å². The van der Waals surface area contributed by atoms with Crippen LogP contribution in [-0.4, -0.2) is 28.5 Å². The number of aliphatic imine (C=N–C) groups is 2. The molecule has 0 radical (unpaired) electrons. The van der Waals surface area contributed by atoms with E-state index in [2.05, 4.69) is 9.98 Å². The van der Waals surface area contributed by atoms with Crippen LogP contribution in [0, 0.1) is 11.3 Å². The summed E-state index contributed by atoms with van der Waals surface area (Å²) in [5, 5.41) is 10.4. The summed E-state index contributed by atoms with van der Waals surface area (Å²) in [6.07, 6.45) is 3.71. The van der Waals surface area contributed by atoms with Gasteiger partial charge in [-0.1, -0.05) is 20.8 Å². The monoisotopic (exact) mass is 238 g/mol. The zero-order chi connectivity index (χ0) is 13.3. The van der Waals surface area contributed by atoms with Gasteiger partial charge in [-0.05, 0) is 18.8 Å². The Bertz CT molecular complexity index is 408. The summed E-state index contributed by atoms with van der Waals surface area (Å²) in [4.78, 5) is 28.2. The van der Waals surface area contributed by atoms with Crippen molar-refractivity contribution in [2.45, 2.75) is 51.8 Å². The quantitative estimate of drug-likeness (QED) is 0.585. The topological polar surface area (TPSA) is 79.1 Å². The van der Waals surface area contributed by atoms with E-state index in [1.165, 1.54) is 12.2 Å². The molecule has 1 saturated carbocycles. The number of carbonyl (C=O) groups excluding carboxylic acids is 2. The van der Waals surface area contributed by atoms with Gasteiger partial charge in [0.25, 0.3) is 0 Å². The van der Waals surface area contributed by atoms with E-state index in [0.29, 0.717) is 6.42 Å². The third-order valence-electron chi connectivity index (χ3n) is 3.90. The Labute approximate surface area is 101 Å². The maximum absolute atomic E-state index is 10.5. The second-order valence-corrected chi connectivity index (χ2v) is 5.85. The van der Waals surface area contributed by atoms with Crippen molar-refractivity contribution in [3.05, 3.63) is 0 Å². The van der Waals surface area contributed by atoms with Crippen LogP contribution in [0.4, 0.5) is 0 Å². The van der Waals surface area contributed by atoms with Crippen LogP contribution in [0.3, 0.4) is 0 Å². The molecule has 5 heteroatoms. The molecule has 0 aromatic carbocycles. The molecule has 0 aromatic heterocycles. The van der Waals surface area contributed by atoms with E-state index in [0.717, 1.165) is 0 Å². The molecule has 94 valence electrons. The maximum atomic E-state index is 10.5. The van der Waals surface area contributed by atoms with Crippen LogP contribution < -0.4 is 0 Å². The first-order valence-electron chi connectivity index (χ1n) is 5.60. The van der Waals surface area contributed by atoms with Gasteiger partial charge in [0.2, 0.25) is 12.2 Å². The molecule has 5 nitrogen and oxygen atoms in total. The smallest absolute Gasteiger partial charge is 0.237 e. The van der Waals surface area contributed by atoms with E-state index in [-0.39, 0.29) is 17.8 Å². The summed E-state index contributed by atoms with van der Waals surface area (Å²) >= 11 is 0. The second-order valence-electron chi connectivity index (χ2n) is 5.85. The van der Waals surface area contributed by atoms with E-state index in [1.54, 1.807) is 6.92 Å². The van der Waals surface area contributed by atoms with Gasteiger partial charge >= 0.3 is 0 Å². The molecule has 3 atom stereocenters. The fourth-order valence-corrected chi connectivity index (χ4v) is 2.94. The van der Waals surface area contributed by atoms with Crippen molar-refractivity contribution in [3.63, 3.8) is 0 Å². The third-order valence-corrected chi connectivity index (χ3v) is 3.90. The van der Waals surface area contributed by atoms with Crippen LogP contribution in [0.15, 0.2) is 9.98 Å². The van der Waals surface area contributed by atoms with E-state index >= 15 is 0 Å². The molecule has 0 aliphatic heterocycles. The lowest BCUT2D eigenvalue weighted by Crippen LogP contribution is -2.54. The number of hydrogen-bond donors (Lipinski definition) is 1. The molecule has 3 unspecified atom stereocenters. The lowest BCUT2D eigenvalue weighted by Gasteiger charge is -2.50. The summed E-state index contributed by atoms with van der Waals surface area (Å²) in [6, 6.07) is 0. The Balaban J connectivity index is 3.25. The molecule has 1 rings (SSSR count). The molecular formula is C12H18N2O3. The van der Waals surface area contributed by atoms with E-state index < -0.39 is 11.3 Å². The molecule has 0 amide bonds. The third kappa shape index (κ3) is 2.52. The van der Waals surface area contributed by atoms with Crippen molar-refractivity contribution in [2.75, 3.05) is 0 Å². The molecule has 1 aliphatic rings. The SMILES string of the molecule is CC1C(C)(C)CC(C)(N=C=O)CC1(O)N=C=O. The van der Waals surface area contributed by atoms with Crippen LogP contribution >= 0.6 is 0 Å². The molecule has 0 spiro atoms. The fraction of sp³-hybridized carbons (Fsp3) is 0.833. The minimum absolute atomic E-state index is 0.134. The van der Waals surface area contributed by atoms with Gasteiger partial charge in [-0.2, -0.15) is 9.98 Å². The molecule has 1 fully saturated rings. The summed E-state index contributed by atoms with van der Waals surface area (Å²) in [5.74, 6) is -0.216. The molecule has 1 aliphatic carbocycles. The zero-order valence-corrected chi connectivity index (χ0v) is 10.6. The predicted molar refractivity (Wildman–Crippen MR) is 61.8 cm³/mol. The largest absolute Gasteiger partial charge is 0.368 e. The normalized spacial score (nSPS) is 39.9. The lowest BCUT2D eigenvalue weighted by molar-refractivity contribution is -0.110. The lowest BCUT2D eigenvalue weighted by atomic mass is 9.59.